The molecule has 0 unspecified atom stereocenters. The van der Waals surface area contributed by atoms with Crippen LogP contribution >= 0.6 is 0 Å². The second kappa shape index (κ2) is 7.69. The van der Waals surface area contributed by atoms with Crippen molar-refractivity contribution in [1.29, 1.82) is 0 Å². The van der Waals surface area contributed by atoms with E-state index in [0.29, 0.717) is 30.5 Å². The SMILES string of the molecule is CNC1CCN(CCN2c3ccccc3N(c3ccccc3F)S2(=O)=O)CC1. The Balaban J connectivity index is 1.59. The molecule has 0 aromatic heterocycles. The van der Waals surface area contributed by atoms with Gasteiger partial charge in [0.25, 0.3) is 0 Å². The molecule has 1 saturated heterocycles. The molecule has 6 nitrogen and oxygen atoms in total. The van der Waals surface area contributed by atoms with Gasteiger partial charge in [0.15, 0.2) is 0 Å². The molecule has 0 aliphatic carbocycles. The van der Waals surface area contributed by atoms with Crippen LogP contribution in [0.2, 0.25) is 0 Å². The Kier molecular flexibility index (Phi) is 5.27. The molecule has 150 valence electrons. The summed E-state index contributed by atoms with van der Waals surface area (Å²) in [6.45, 7) is 2.87. The molecule has 2 aliphatic rings. The molecule has 4 rings (SSSR count). The second-order valence-electron chi connectivity index (χ2n) is 7.19. The number of para-hydroxylation sites is 3. The zero-order valence-electron chi connectivity index (χ0n) is 15.9. The van der Waals surface area contributed by atoms with E-state index in [1.54, 1.807) is 30.3 Å². The average molecular weight is 405 g/mol. The second-order valence-corrected chi connectivity index (χ2v) is 8.89. The summed E-state index contributed by atoms with van der Waals surface area (Å²) in [6, 6.07) is 13.6. The van der Waals surface area contributed by atoms with E-state index in [-0.39, 0.29) is 5.69 Å². The van der Waals surface area contributed by atoms with Crippen LogP contribution in [-0.2, 0) is 10.2 Å². The minimum atomic E-state index is -3.89. The quantitative estimate of drug-likeness (QED) is 0.833. The molecule has 1 fully saturated rings. The summed E-state index contributed by atoms with van der Waals surface area (Å²) in [5.74, 6) is -0.558. The van der Waals surface area contributed by atoms with Crippen LogP contribution in [0.15, 0.2) is 48.5 Å². The van der Waals surface area contributed by atoms with Gasteiger partial charge < -0.3 is 10.2 Å². The topological polar surface area (TPSA) is 55.9 Å². The number of halogens is 1. The van der Waals surface area contributed by atoms with Crippen molar-refractivity contribution in [3.63, 3.8) is 0 Å². The van der Waals surface area contributed by atoms with E-state index < -0.39 is 16.0 Å². The van der Waals surface area contributed by atoms with E-state index in [1.807, 2.05) is 13.1 Å². The van der Waals surface area contributed by atoms with Crippen LogP contribution in [0.5, 0.6) is 0 Å². The highest BCUT2D eigenvalue weighted by Gasteiger charge is 2.42. The molecule has 0 atom stereocenters. The van der Waals surface area contributed by atoms with Crippen molar-refractivity contribution >= 4 is 27.3 Å². The van der Waals surface area contributed by atoms with Gasteiger partial charge in [0.1, 0.15) is 5.82 Å². The first-order valence-corrected chi connectivity index (χ1v) is 11.0. The average Bonchev–Trinajstić information content (AvgIpc) is 2.93. The van der Waals surface area contributed by atoms with Crippen molar-refractivity contribution < 1.29 is 12.8 Å². The molecule has 28 heavy (non-hydrogen) atoms. The molecular weight excluding hydrogens is 379 g/mol. The van der Waals surface area contributed by atoms with Gasteiger partial charge in [-0.25, -0.2) is 13.0 Å². The summed E-state index contributed by atoms with van der Waals surface area (Å²) < 4.78 is 43.6. The van der Waals surface area contributed by atoms with Crippen LogP contribution in [0.25, 0.3) is 0 Å². The Morgan fingerprint density at radius 2 is 1.57 bits per heavy atom. The van der Waals surface area contributed by atoms with E-state index >= 15 is 0 Å². The van der Waals surface area contributed by atoms with Crippen LogP contribution in [0.3, 0.4) is 0 Å². The standard InChI is InChI=1S/C20H25FN4O2S/c1-22-16-10-12-23(13-11-16)14-15-24-19-8-4-5-9-20(19)25(28(24,26)27)18-7-3-2-6-17(18)21/h2-9,16,22H,10-15H2,1H3. The smallest absolute Gasteiger partial charge is 0.317 e. The van der Waals surface area contributed by atoms with E-state index in [9.17, 15) is 12.8 Å². The highest BCUT2D eigenvalue weighted by molar-refractivity contribution is 7.95. The third-order valence-electron chi connectivity index (χ3n) is 5.56. The van der Waals surface area contributed by atoms with Crippen LogP contribution < -0.4 is 13.9 Å². The number of rotatable bonds is 5. The van der Waals surface area contributed by atoms with Gasteiger partial charge in [0.05, 0.1) is 17.1 Å². The molecule has 2 aliphatic heterocycles. The largest absolute Gasteiger partial charge is 0.331 e. The van der Waals surface area contributed by atoms with Crippen LogP contribution in [-0.4, -0.2) is 52.6 Å². The number of anilines is 3. The maximum Gasteiger partial charge on any atom is 0.331 e. The number of piperidine rings is 1. The lowest BCUT2D eigenvalue weighted by Crippen LogP contribution is -2.45. The molecule has 2 aromatic carbocycles. The van der Waals surface area contributed by atoms with Gasteiger partial charge in [-0.05, 0) is 57.2 Å². The molecule has 0 saturated carbocycles. The molecule has 0 amide bonds. The Morgan fingerprint density at radius 1 is 0.964 bits per heavy atom. The Labute approximate surface area is 165 Å². The van der Waals surface area contributed by atoms with Crippen molar-refractivity contribution in [3.8, 4) is 0 Å². The third-order valence-corrected chi connectivity index (χ3v) is 7.36. The first kappa shape index (κ1) is 19.2. The van der Waals surface area contributed by atoms with Crippen molar-refractivity contribution in [2.24, 2.45) is 0 Å². The van der Waals surface area contributed by atoms with Gasteiger partial charge in [0, 0.05) is 19.1 Å². The van der Waals surface area contributed by atoms with Gasteiger partial charge in [-0.1, -0.05) is 24.3 Å². The summed E-state index contributed by atoms with van der Waals surface area (Å²) in [5.41, 5.74) is 1.13. The van der Waals surface area contributed by atoms with Crippen LogP contribution in [0.1, 0.15) is 12.8 Å². The Bertz CT molecular complexity index is 945. The fourth-order valence-electron chi connectivity index (χ4n) is 3.98. The molecule has 1 N–H and O–H groups in total. The van der Waals surface area contributed by atoms with Gasteiger partial charge in [0.2, 0.25) is 0 Å². The number of benzene rings is 2. The highest BCUT2D eigenvalue weighted by Crippen LogP contribution is 2.45. The molecule has 2 aromatic rings. The first-order valence-electron chi connectivity index (χ1n) is 9.58. The monoisotopic (exact) mass is 404 g/mol. The molecule has 0 bridgehead atoms. The van der Waals surface area contributed by atoms with Gasteiger partial charge >= 0.3 is 10.2 Å². The number of likely N-dealkylation sites (tertiary alicyclic amines) is 1. The zero-order valence-corrected chi connectivity index (χ0v) is 16.7. The fourth-order valence-corrected chi connectivity index (χ4v) is 5.69. The number of fused-ring (bicyclic) bond motifs is 1. The summed E-state index contributed by atoms with van der Waals surface area (Å²) in [5, 5.41) is 3.30. The molecular formula is C20H25FN4O2S. The Morgan fingerprint density at radius 3 is 2.21 bits per heavy atom. The molecule has 8 heteroatoms. The lowest BCUT2D eigenvalue weighted by atomic mass is 10.1. The molecule has 2 heterocycles. The number of hydrogen-bond acceptors (Lipinski definition) is 4. The molecule has 0 spiro atoms. The maximum absolute atomic E-state index is 14.4. The Hall–Kier alpha value is -2.16. The number of hydrogen-bond donors (Lipinski definition) is 1. The minimum Gasteiger partial charge on any atom is -0.317 e. The van der Waals surface area contributed by atoms with Crippen LogP contribution in [0, 0.1) is 5.82 Å². The van der Waals surface area contributed by atoms with Gasteiger partial charge in [-0.15, -0.1) is 0 Å². The maximum atomic E-state index is 14.4. The summed E-state index contributed by atoms with van der Waals surface area (Å²) in [4.78, 5) is 2.29. The van der Waals surface area contributed by atoms with E-state index in [2.05, 4.69) is 10.2 Å². The van der Waals surface area contributed by atoms with E-state index in [1.165, 1.54) is 16.4 Å². The van der Waals surface area contributed by atoms with E-state index in [0.717, 1.165) is 30.2 Å². The van der Waals surface area contributed by atoms with Crippen LogP contribution in [0.4, 0.5) is 21.5 Å². The van der Waals surface area contributed by atoms with Crippen molar-refractivity contribution in [1.82, 2.24) is 10.2 Å². The van der Waals surface area contributed by atoms with Crippen molar-refractivity contribution in [2.45, 2.75) is 18.9 Å². The van der Waals surface area contributed by atoms with E-state index in [4.69, 9.17) is 0 Å². The number of nitrogens with zero attached hydrogens (tertiary/aromatic N) is 3. The predicted octanol–water partition coefficient (Wildman–Crippen LogP) is 2.71. The normalized spacial score (nSPS) is 19.8. The number of nitrogens with one attached hydrogen (secondary N) is 1. The zero-order chi connectivity index (χ0) is 19.7. The van der Waals surface area contributed by atoms with Gasteiger partial charge in [-0.2, -0.15) is 8.42 Å². The fraction of sp³-hybridized carbons (Fsp3) is 0.400. The predicted molar refractivity (Wildman–Crippen MR) is 110 cm³/mol. The van der Waals surface area contributed by atoms with Crippen molar-refractivity contribution in [2.75, 3.05) is 41.8 Å². The van der Waals surface area contributed by atoms with Crippen molar-refractivity contribution in [3.05, 3.63) is 54.3 Å². The first-order chi connectivity index (χ1) is 13.5. The highest BCUT2D eigenvalue weighted by atomic mass is 32.2. The summed E-state index contributed by atoms with van der Waals surface area (Å²) >= 11 is 0. The lowest BCUT2D eigenvalue weighted by Gasteiger charge is -2.33. The summed E-state index contributed by atoms with van der Waals surface area (Å²) in [6.07, 6.45) is 2.11. The summed E-state index contributed by atoms with van der Waals surface area (Å²) in [7, 11) is -1.91. The lowest BCUT2D eigenvalue weighted by molar-refractivity contribution is 0.207. The molecule has 0 radical (unpaired) electrons. The minimum absolute atomic E-state index is 0.0484. The third kappa shape index (κ3) is 3.36. The van der Waals surface area contributed by atoms with Gasteiger partial charge in [-0.3, -0.25) is 0 Å².